The molecule has 7 N–H and O–H groups in total. The minimum atomic E-state index is -2.92. The van der Waals surface area contributed by atoms with Gasteiger partial charge in [-0.05, 0) is 12.8 Å². The van der Waals surface area contributed by atoms with Crippen LogP contribution in [0.4, 0.5) is 20.5 Å². The molecule has 0 spiro atoms. The SMILES string of the molecule is NC(=O)c1cnc(NC2CCCC(F)(F)C2N)nc1N. The van der Waals surface area contributed by atoms with E-state index < -0.39 is 23.9 Å². The Kier molecular flexibility index (Phi) is 3.71. The Bertz CT molecular complexity index is 524. The minimum Gasteiger partial charge on any atom is -0.383 e. The van der Waals surface area contributed by atoms with Gasteiger partial charge in [0.15, 0.2) is 0 Å². The quantitative estimate of drug-likeness (QED) is 0.622. The third-order valence-electron chi connectivity index (χ3n) is 3.34. The highest BCUT2D eigenvalue weighted by atomic mass is 19.3. The van der Waals surface area contributed by atoms with E-state index in [9.17, 15) is 13.6 Å². The molecule has 0 bridgehead atoms. The van der Waals surface area contributed by atoms with Crippen molar-refractivity contribution in [2.75, 3.05) is 11.1 Å². The molecule has 1 aliphatic carbocycles. The minimum absolute atomic E-state index is 0.0196. The second kappa shape index (κ2) is 5.16. The number of halogens is 2. The molecule has 0 aromatic carbocycles. The normalized spacial score (nSPS) is 25.1. The summed E-state index contributed by atoms with van der Waals surface area (Å²) in [7, 11) is 0. The fourth-order valence-electron chi connectivity index (χ4n) is 2.18. The van der Waals surface area contributed by atoms with Gasteiger partial charge in [0.2, 0.25) is 5.95 Å². The number of hydrogen-bond donors (Lipinski definition) is 4. The van der Waals surface area contributed by atoms with E-state index in [1.165, 1.54) is 0 Å². The second-order valence-corrected chi connectivity index (χ2v) is 4.79. The zero-order valence-corrected chi connectivity index (χ0v) is 10.6. The number of nitrogen functional groups attached to an aromatic ring is 1. The standard InChI is InChI=1S/C11H16F2N6O/c12-11(13)3-1-2-6(7(11)14)18-10-17-4-5(9(16)20)8(15)19-10/h4,6-7H,1-3,14H2,(H2,16,20)(H3,15,17,18,19). The van der Waals surface area contributed by atoms with Crippen LogP contribution in [-0.4, -0.2) is 33.9 Å². The molecule has 1 aromatic heterocycles. The Hall–Kier alpha value is -2.03. The van der Waals surface area contributed by atoms with Crippen LogP contribution in [-0.2, 0) is 0 Å². The lowest BCUT2D eigenvalue weighted by Gasteiger charge is -2.35. The molecule has 0 saturated heterocycles. The van der Waals surface area contributed by atoms with Crippen LogP contribution in [0.15, 0.2) is 6.20 Å². The number of anilines is 2. The first-order valence-corrected chi connectivity index (χ1v) is 6.13. The molecule has 1 amide bonds. The topological polar surface area (TPSA) is 133 Å². The number of carbonyl (C=O) groups excluding carboxylic acids is 1. The first-order valence-electron chi connectivity index (χ1n) is 6.13. The van der Waals surface area contributed by atoms with Gasteiger partial charge in [0, 0.05) is 12.6 Å². The smallest absolute Gasteiger partial charge is 0.264 e. The van der Waals surface area contributed by atoms with Crippen molar-refractivity contribution in [2.24, 2.45) is 11.5 Å². The predicted octanol–water partition coefficient (Wildman–Crippen LogP) is 0.0847. The monoisotopic (exact) mass is 286 g/mol. The molecular formula is C11H16F2N6O. The molecule has 0 aliphatic heterocycles. The van der Waals surface area contributed by atoms with Crippen molar-refractivity contribution in [3.8, 4) is 0 Å². The molecule has 0 radical (unpaired) electrons. The lowest BCUT2D eigenvalue weighted by molar-refractivity contribution is -0.0555. The molecule has 1 aromatic rings. The number of rotatable bonds is 3. The van der Waals surface area contributed by atoms with Crippen molar-refractivity contribution in [3.63, 3.8) is 0 Å². The highest BCUT2D eigenvalue weighted by molar-refractivity contribution is 5.96. The molecule has 7 nitrogen and oxygen atoms in total. The first-order chi connectivity index (χ1) is 9.31. The zero-order valence-electron chi connectivity index (χ0n) is 10.6. The van der Waals surface area contributed by atoms with Crippen LogP contribution < -0.4 is 22.5 Å². The van der Waals surface area contributed by atoms with Crippen molar-refractivity contribution >= 4 is 17.7 Å². The highest BCUT2D eigenvalue weighted by Crippen LogP contribution is 2.33. The molecule has 110 valence electrons. The number of nitrogens with zero attached hydrogens (tertiary/aromatic N) is 2. The zero-order chi connectivity index (χ0) is 14.9. The summed E-state index contributed by atoms with van der Waals surface area (Å²) in [6.07, 6.45) is 1.76. The van der Waals surface area contributed by atoms with Gasteiger partial charge in [-0.3, -0.25) is 4.79 Å². The summed E-state index contributed by atoms with van der Waals surface area (Å²) in [6, 6.07) is -1.98. The fraction of sp³-hybridized carbons (Fsp3) is 0.545. The number of aromatic nitrogens is 2. The van der Waals surface area contributed by atoms with Crippen LogP contribution in [0.2, 0.25) is 0 Å². The summed E-state index contributed by atoms with van der Waals surface area (Å²) in [5, 5.41) is 2.73. The molecule has 20 heavy (non-hydrogen) atoms. The van der Waals surface area contributed by atoms with E-state index in [1.54, 1.807) is 0 Å². The number of hydrogen-bond acceptors (Lipinski definition) is 6. The number of carbonyl (C=O) groups is 1. The first kappa shape index (κ1) is 14.4. The Morgan fingerprint density at radius 3 is 2.80 bits per heavy atom. The number of primary amides is 1. The lowest BCUT2D eigenvalue weighted by Crippen LogP contribution is -2.55. The highest BCUT2D eigenvalue weighted by Gasteiger charge is 2.44. The predicted molar refractivity (Wildman–Crippen MR) is 69.1 cm³/mol. The van der Waals surface area contributed by atoms with Crippen LogP contribution >= 0.6 is 0 Å². The maximum absolute atomic E-state index is 13.5. The van der Waals surface area contributed by atoms with E-state index in [0.717, 1.165) is 6.20 Å². The van der Waals surface area contributed by atoms with Gasteiger partial charge in [0.1, 0.15) is 5.82 Å². The van der Waals surface area contributed by atoms with E-state index in [-0.39, 0.29) is 23.8 Å². The maximum Gasteiger partial charge on any atom is 0.264 e. The third-order valence-corrected chi connectivity index (χ3v) is 3.34. The average molecular weight is 286 g/mol. The number of nitrogens with two attached hydrogens (primary N) is 3. The van der Waals surface area contributed by atoms with Crippen LogP contribution in [0.3, 0.4) is 0 Å². The molecule has 2 atom stereocenters. The molecule has 2 unspecified atom stereocenters. The van der Waals surface area contributed by atoms with E-state index in [1.807, 2.05) is 0 Å². The molecular weight excluding hydrogens is 270 g/mol. The van der Waals surface area contributed by atoms with Crippen molar-refractivity contribution < 1.29 is 13.6 Å². The third kappa shape index (κ3) is 2.77. The van der Waals surface area contributed by atoms with Crippen LogP contribution in [0.5, 0.6) is 0 Å². The van der Waals surface area contributed by atoms with Gasteiger partial charge in [0.25, 0.3) is 11.8 Å². The summed E-state index contributed by atoms with van der Waals surface area (Å²) in [5.74, 6) is -3.74. The Morgan fingerprint density at radius 2 is 2.20 bits per heavy atom. The van der Waals surface area contributed by atoms with Crippen LogP contribution in [0.25, 0.3) is 0 Å². The van der Waals surface area contributed by atoms with Gasteiger partial charge in [-0.15, -0.1) is 0 Å². The van der Waals surface area contributed by atoms with Gasteiger partial charge in [-0.1, -0.05) is 0 Å². The molecule has 1 aliphatic rings. The van der Waals surface area contributed by atoms with E-state index in [2.05, 4.69) is 15.3 Å². The summed E-state index contributed by atoms with van der Waals surface area (Å²) in [4.78, 5) is 18.6. The Morgan fingerprint density at radius 1 is 1.50 bits per heavy atom. The molecule has 9 heteroatoms. The Labute approximate surface area is 113 Å². The summed E-state index contributed by atoms with van der Waals surface area (Å²) >= 11 is 0. The summed E-state index contributed by atoms with van der Waals surface area (Å²) < 4.78 is 27.0. The largest absolute Gasteiger partial charge is 0.383 e. The van der Waals surface area contributed by atoms with Gasteiger partial charge in [-0.25, -0.2) is 13.8 Å². The van der Waals surface area contributed by atoms with E-state index >= 15 is 0 Å². The Balaban J connectivity index is 2.14. The lowest BCUT2D eigenvalue weighted by atomic mass is 9.87. The fourth-order valence-corrected chi connectivity index (χ4v) is 2.18. The van der Waals surface area contributed by atoms with Crippen molar-refractivity contribution in [1.29, 1.82) is 0 Å². The second-order valence-electron chi connectivity index (χ2n) is 4.79. The van der Waals surface area contributed by atoms with E-state index in [4.69, 9.17) is 17.2 Å². The van der Waals surface area contributed by atoms with E-state index in [0.29, 0.717) is 12.8 Å². The van der Waals surface area contributed by atoms with Gasteiger partial charge >= 0.3 is 0 Å². The van der Waals surface area contributed by atoms with Gasteiger partial charge in [0.05, 0.1) is 17.6 Å². The number of amides is 1. The number of nitrogens with one attached hydrogen (secondary N) is 1. The van der Waals surface area contributed by atoms with Gasteiger partial charge < -0.3 is 22.5 Å². The van der Waals surface area contributed by atoms with Crippen molar-refractivity contribution in [3.05, 3.63) is 11.8 Å². The molecule has 1 saturated carbocycles. The maximum atomic E-state index is 13.5. The van der Waals surface area contributed by atoms with Crippen LogP contribution in [0, 0.1) is 0 Å². The van der Waals surface area contributed by atoms with Crippen molar-refractivity contribution in [2.45, 2.75) is 37.3 Å². The average Bonchev–Trinajstić information content (AvgIpc) is 2.34. The summed E-state index contributed by atoms with van der Waals surface area (Å²) in [6.45, 7) is 0. The van der Waals surface area contributed by atoms with Crippen molar-refractivity contribution in [1.82, 2.24) is 9.97 Å². The number of alkyl halides is 2. The summed E-state index contributed by atoms with van der Waals surface area (Å²) in [5.41, 5.74) is 16.1. The molecule has 1 fully saturated rings. The van der Waals surface area contributed by atoms with Gasteiger partial charge in [-0.2, -0.15) is 4.98 Å². The molecule has 1 heterocycles. The molecule has 2 rings (SSSR count). The van der Waals surface area contributed by atoms with Crippen LogP contribution in [0.1, 0.15) is 29.6 Å².